The van der Waals surface area contributed by atoms with Gasteiger partial charge in [0.05, 0.1) is 12.8 Å². The van der Waals surface area contributed by atoms with Gasteiger partial charge in [0, 0.05) is 7.05 Å². The molecule has 1 heterocycles. The summed E-state index contributed by atoms with van der Waals surface area (Å²) < 4.78 is 8.42. The van der Waals surface area contributed by atoms with E-state index in [1.807, 2.05) is 20.0 Å². The molecule has 0 radical (unpaired) electrons. The second-order valence-electron chi connectivity index (χ2n) is 4.76. The van der Waals surface area contributed by atoms with E-state index in [-0.39, 0.29) is 0 Å². The first-order valence-electron chi connectivity index (χ1n) is 6.34. The molecule has 102 valence electrons. The molecule has 1 aromatic carbocycles. The van der Waals surface area contributed by atoms with Crippen LogP contribution in [0.2, 0.25) is 0 Å². The molecule has 2 aromatic rings. The summed E-state index contributed by atoms with van der Waals surface area (Å²) in [5, 5.41) is 0. The molecule has 4 heteroatoms. The minimum absolute atomic E-state index is 0.939. The van der Waals surface area contributed by atoms with Crippen LogP contribution in [0.3, 0.4) is 0 Å². The third-order valence-electron chi connectivity index (χ3n) is 3.42. The van der Waals surface area contributed by atoms with Gasteiger partial charge >= 0.3 is 0 Å². The average molecular weight is 323 g/mol. The number of benzene rings is 1. The van der Waals surface area contributed by atoms with Crippen molar-refractivity contribution >= 4 is 15.9 Å². The first-order valence-corrected chi connectivity index (χ1v) is 7.13. The lowest BCUT2D eigenvalue weighted by Crippen LogP contribution is -1.95. The van der Waals surface area contributed by atoms with Gasteiger partial charge in [-0.1, -0.05) is 12.1 Å². The molecular weight excluding hydrogens is 304 g/mol. The number of hydrogen-bond acceptors (Lipinski definition) is 2. The third-order valence-corrected chi connectivity index (χ3v) is 4.41. The number of rotatable bonds is 4. The van der Waals surface area contributed by atoms with Crippen LogP contribution in [0.1, 0.15) is 22.6 Å². The summed E-state index contributed by atoms with van der Waals surface area (Å²) >= 11 is 3.59. The van der Waals surface area contributed by atoms with Gasteiger partial charge in [0.1, 0.15) is 16.2 Å². The van der Waals surface area contributed by atoms with Crippen molar-refractivity contribution in [3.8, 4) is 5.75 Å². The first-order chi connectivity index (χ1) is 9.02. The van der Waals surface area contributed by atoms with Crippen molar-refractivity contribution in [1.82, 2.24) is 9.55 Å². The fourth-order valence-corrected chi connectivity index (χ4v) is 2.71. The molecule has 19 heavy (non-hydrogen) atoms. The Kier molecular flexibility index (Phi) is 4.30. The lowest BCUT2D eigenvalue weighted by atomic mass is 10.1. The third kappa shape index (κ3) is 3.00. The number of aromatic nitrogens is 2. The van der Waals surface area contributed by atoms with E-state index in [0.717, 1.165) is 34.7 Å². The van der Waals surface area contributed by atoms with Crippen LogP contribution in [0, 0.1) is 13.8 Å². The topological polar surface area (TPSA) is 27.1 Å². The van der Waals surface area contributed by atoms with Crippen molar-refractivity contribution in [2.45, 2.75) is 26.7 Å². The van der Waals surface area contributed by atoms with E-state index < -0.39 is 0 Å². The zero-order valence-electron chi connectivity index (χ0n) is 11.8. The molecule has 2 rings (SSSR count). The summed E-state index contributed by atoms with van der Waals surface area (Å²) in [7, 11) is 3.73. The van der Waals surface area contributed by atoms with Crippen LogP contribution in [-0.2, 0) is 19.9 Å². The largest absolute Gasteiger partial charge is 0.496 e. The van der Waals surface area contributed by atoms with Gasteiger partial charge in [-0.15, -0.1) is 0 Å². The van der Waals surface area contributed by atoms with Crippen LogP contribution in [0.25, 0.3) is 0 Å². The van der Waals surface area contributed by atoms with Crippen LogP contribution in [0.4, 0.5) is 0 Å². The van der Waals surface area contributed by atoms with Crippen molar-refractivity contribution in [3.63, 3.8) is 0 Å². The summed E-state index contributed by atoms with van der Waals surface area (Å²) in [5.41, 5.74) is 3.61. The number of ether oxygens (including phenoxy) is 1. The van der Waals surface area contributed by atoms with Crippen molar-refractivity contribution in [3.05, 3.63) is 45.4 Å². The molecule has 0 aliphatic rings. The summed E-state index contributed by atoms with van der Waals surface area (Å²) in [6.45, 7) is 4.09. The van der Waals surface area contributed by atoms with E-state index in [4.69, 9.17) is 4.74 Å². The normalized spacial score (nSPS) is 10.8. The summed E-state index contributed by atoms with van der Waals surface area (Å²) in [4.78, 5) is 4.57. The van der Waals surface area contributed by atoms with E-state index in [9.17, 15) is 0 Å². The Morgan fingerprint density at radius 2 is 2.00 bits per heavy atom. The molecule has 3 nitrogen and oxygen atoms in total. The SMILES string of the molecule is COc1ccc(CCc2nc(C)n(C)c2Br)cc1C. The number of hydrogen-bond donors (Lipinski definition) is 0. The standard InChI is InChI=1S/C15H19BrN2O/c1-10-9-12(6-8-14(10)19-4)5-7-13-15(16)18(3)11(2)17-13/h6,8-9H,5,7H2,1-4H3. The molecular formula is C15H19BrN2O. The van der Waals surface area contributed by atoms with Gasteiger partial charge in [0.2, 0.25) is 0 Å². The number of nitrogens with zero attached hydrogens (tertiary/aromatic N) is 2. The Balaban J connectivity index is 2.10. The van der Waals surface area contributed by atoms with E-state index in [1.165, 1.54) is 11.1 Å². The highest BCUT2D eigenvalue weighted by molar-refractivity contribution is 9.10. The minimum Gasteiger partial charge on any atom is -0.496 e. The van der Waals surface area contributed by atoms with Gasteiger partial charge in [-0.25, -0.2) is 4.98 Å². The van der Waals surface area contributed by atoms with Crippen LogP contribution in [0.5, 0.6) is 5.75 Å². The smallest absolute Gasteiger partial charge is 0.121 e. The van der Waals surface area contributed by atoms with Gasteiger partial charge in [0.25, 0.3) is 0 Å². The van der Waals surface area contributed by atoms with Crippen molar-refractivity contribution in [1.29, 1.82) is 0 Å². The fraction of sp³-hybridized carbons (Fsp3) is 0.400. The zero-order chi connectivity index (χ0) is 14.0. The molecule has 0 saturated carbocycles. The summed E-state index contributed by atoms with van der Waals surface area (Å²) in [6.07, 6.45) is 1.92. The Labute approximate surface area is 122 Å². The Morgan fingerprint density at radius 3 is 2.53 bits per heavy atom. The number of methoxy groups -OCH3 is 1. The number of aryl methyl sites for hydroxylation is 4. The van der Waals surface area contributed by atoms with Crippen molar-refractivity contribution < 1.29 is 4.74 Å². The molecule has 0 atom stereocenters. The highest BCUT2D eigenvalue weighted by Gasteiger charge is 2.09. The van der Waals surface area contributed by atoms with E-state index >= 15 is 0 Å². The van der Waals surface area contributed by atoms with Gasteiger partial charge in [-0.05, 0) is 59.8 Å². The summed E-state index contributed by atoms with van der Waals surface area (Å²) in [5.74, 6) is 1.98. The molecule has 1 aromatic heterocycles. The molecule has 0 spiro atoms. The maximum absolute atomic E-state index is 5.28. The Bertz CT molecular complexity index is 590. The van der Waals surface area contributed by atoms with Crippen LogP contribution < -0.4 is 4.74 Å². The van der Waals surface area contributed by atoms with Crippen LogP contribution >= 0.6 is 15.9 Å². The number of halogens is 1. The number of imidazole rings is 1. The van der Waals surface area contributed by atoms with E-state index in [2.05, 4.69) is 44.5 Å². The van der Waals surface area contributed by atoms with Crippen LogP contribution in [-0.4, -0.2) is 16.7 Å². The Morgan fingerprint density at radius 1 is 1.26 bits per heavy atom. The fourth-order valence-electron chi connectivity index (χ4n) is 2.17. The van der Waals surface area contributed by atoms with E-state index in [1.54, 1.807) is 7.11 Å². The highest BCUT2D eigenvalue weighted by atomic mass is 79.9. The molecule has 0 fully saturated rings. The Hall–Kier alpha value is -1.29. The molecule has 0 N–H and O–H groups in total. The lowest BCUT2D eigenvalue weighted by Gasteiger charge is -2.07. The highest BCUT2D eigenvalue weighted by Crippen LogP contribution is 2.22. The zero-order valence-corrected chi connectivity index (χ0v) is 13.4. The van der Waals surface area contributed by atoms with Gasteiger partial charge < -0.3 is 9.30 Å². The van der Waals surface area contributed by atoms with Gasteiger partial charge in [0.15, 0.2) is 0 Å². The molecule has 0 bridgehead atoms. The average Bonchev–Trinajstić information content (AvgIpc) is 2.64. The van der Waals surface area contributed by atoms with Gasteiger partial charge in [-0.3, -0.25) is 0 Å². The quantitative estimate of drug-likeness (QED) is 0.860. The predicted molar refractivity (Wildman–Crippen MR) is 80.8 cm³/mol. The molecule has 0 aliphatic carbocycles. The predicted octanol–water partition coefficient (Wildman–Crippen LogP) is 3.59. The van der Waals surface area contributed by atoms with E-state index in [0.29, 0.717) is 0 Å². The van der Waals surface area contributed by atoms with Crippen molar-refractivity contribution in [2.24, 2.45) is 7.05 Å². The van der Waals surface area contributed by atoms with Gasteiger partial charge in [-0.2, -0.15) is 0 Å². The monoisotopic (exact) mass is 322 g/mol. The summed E-state index contributed by atoms with van der Waals surface area (Å²) in [6, 6.07) is 6.33. The lowest BCUT2D eigenvalue weighted by molar-refractivity contribution is 0.411. The molecule has 0 aliphatic heterocycles. The first kappa shape index (κ1) is 14.1. The molecule has 0 amide bonds. The maximum Gasteiger partial charge on any atom is 0.121 e. The second-order valence-corrected chi connectivity index (χ2v) is 5.51. The molecule has 0 saturated heterocycles. The van der Waals surface area contributed by atoms with Crippen LogP contribution in [0.15, 0.2) is 22.8 Å². The van der Waals surface area contributed by atoms with Crippen molar-refractivity contribution in [2.75, 3.05) is 7.11 Å². The molecule has 0 unspecified atom stereocenters. The maximum atomic E-state index is 5.28. The second kappa shape index (κ2) is 5.78. The minimum atomic E-state index is 0.939.